The van der Waals surface area contributed by atoms with E-state index in [0.29, 0.717) is 17.1 Å². The summed E-state index contributed by atoms with van der Waals surface area (Å²) >= 11 is 6.23. The Morgan fingerprint density at radius 2 is 1.79 bits per heavy atom. The van der Waals surface area contributed by atoms with Gasteiger partial charge in [-0.25, -0.2) is 4.79 Å². The molecule has 156 valence electrons. The quantitative estimate of drug-likeness (QED) is 0.456. The smallest absolute Gasteiger partial charge is 0.315 e. The van der Waals surface area contributed by atoms with E-state index in [4.69, 9.17) is 16.3 Å². The predicted molar refractivity (Wildman–Crippen MR) is 115 cm³/mol. The first-order chi connectivity index (χ1) is 14.0. The number of urea groups is 1. The van der Waals surface area contributed by atoms with E-state index in [-0.39, 0.29) is 12.5 Å². The molecule has 1 atom stereocenters. The van der Waals surface area contributed by atoms with Gasteiger partial charge in [0.05, 0.1) is 19.6 Å². The maximum Gasteiger partial charge on any atom is 0.315 e. The molecular weight excluding hydrogens is 390 g/mol. The van der Waals surface area contributed by atoms with Gasteiger partial charge in [-0.3, -0.25) is 4.79 Å². The van der Waals surface area contributed by atoms with E-state index in [1.807, 2.05) is 24.3 Å². The molecule has 29 heavy (non-hydrogen) atoms. The van der Waals surface area contributed by atoms with Crippen molar-refractivity contribution in [3.8, 4) is 0 Å². The van der Waals surface area contributed by atoms with Gasteiger partial charge in [0, 0.05) is 18.1 Å². The summed E-state index contributed by atoms with van der Waals surface area (Å²) < 4.78 is 4.74. The van der Waals surface area contributed by atoms with Crippen LogP contribution in [-0.2, 0) is 16.1 Å². The third kappa shape index (κ3) is 8.13. The highest BCUT2D eigenvalue weighted by Crippen LogP contribution is 2.25. The fraction of sp³-hybridized carbons (Fsp3) is 0.364. The van der Waals surface area contributed by atoms with E-state index in [0.717, 1.165) is 19.5 Å². The van der Waals surface area contributed by atoms with Crippen LogP contribution in [0.1, 0.15) is 30.0 Å². The van der Waals surface area contributed by atoms with E-state index < -0.39 is 12.0 Å². The van der Waals surface area contributed by atoms with Gasteiger partial charge < -0.3 is 20.3 Å². The van der Waals surface area contributed by atoms with Crippen LogP contribution >= 0.6 is 11.6 Å². The highest BCUT2D eigenvalue weighted by Gasteiger charge is 2.20. The fourth-order valence-corrected chi connectivity index (χ4v) is 3.25. The topological polar surface area (TPSA) is 70.7 Å². The first-order valence-corrected chi connectivity index (χ1v) is 9.95. The highest BCUT2D eigenvalue weighted by atomic mass is 35.5. The van der Waals surface area contributed by atoms with Crippen LogP contribution in [0.2, 0.25) is 5.02 Å². The predicted octanol–water partition coefficient (Wildman–Crippen LogP) is 3.77. The Balaban J connectivity index is 1.79. The molecular formula is C22H28ClN3O3. The van der Waals surface area contributed by atoms with Crippen molar-refractivity contribution in [1.82, 2.24) is 15.5 Å². The second-order valence-electron chi connectivity index (χ2n) is 6.83. The van der Waals surface area contributed by atoms with Gasteiger partial charge in [-0.15, -0.1) is 0 Å². The summed E-state index contributed by atoms with van der Waals surface area (Å²) in [5, 5.41) is 6.15. The van der Waals surface area contributed by atoms with Crippen LogP contribution in [0.15, 0.2) is 54.6 Å². The molecule has 0 saturated heterocycles. The molecule has 0 aliphatic rings. The van der Waals surface area contributed by atoms with Crippen molar-refractivity contribution in [1.29, 1.82) is 0 Å². The number of rotatable bonds is 10. The van der Waals surface area contributed by atoms with Crippen molar-refractivity contribution >= 4 is 23.6 Å². The molecule has 0 aromatic heterocycles. The van der Waals surface area contributed by atoms with Gasteiger partial charge in [-0.1, -0.05) is 60.1 Å². The van der Waals surface area contributed by atoms with Gasteiger partial charge in [0.2, 0.25) is 0 Å². The number of carbonyl (C=O) groups is 2. The van der Waals surface area contributed by atoms with E-state index in [9.17, 15) is 9.59 Å². The molecule has 6 nitrogen and oxygen atoms in total. The average Bonchev–Trinajstić information content (AvgIpc) is 2.71. The minimum absolute atomic E-state index is 0.00741. The number of halogens is 1. The molecule has 1 unspecified atom stereocenters. The second-order valence-corrected chi connectivity index (χ2v) is 7.24. The van der Waals surface area contributed by atoms with Gasteiger partial charge in [0.1, 0.15) is 0 Å². The van der Waals surface area contributed by atoms with Crippen LogP contribution in [0.25, 0.3) is 0 Å². The molecule has 0 radical (unpaired) electrons. The zero-order valence-corrected chi connectivity index (χ0v) is 17.6. The van der Waals surface area contributed by atoms with E-state index in [1.165, 1.54) is 12.7 Å². The lowest BCUT2D eigenvalue weighted by Gasteiger charge is -2.20. The van der Waals surface area contributed by atoms with Crippen molar-refractivity contribution in [2.75, 3.05) is 27.2 Å². The maximum atomic E-state index is 12.3. The number of amides is 2. The summed E-state index contributed by atoms with van der Waals surface area (Å²) in [7, 11) is 3.37. The maximum absolute atomic E-state index is 12.3. The molecule has 0 saturated carbocycles. The first kappa shape index (κ1) is 22.7. The number of methoxy groups -OCH3 is 1. The normalized spacial score (nSPS) is 11.7. The molecule has 7 heteroatoms. The summed E-state index contributed by atoms with van der Waals surface area (Å²) in [4.78, 5) is 26.3. The molecule has 2 rings (SSSR count). The number of hydrogen-bond donors (Lipinski definition) is 2. The molecule has 2 N–H and O–H groups in total. The van der Waals surface area contributed by atoms with Crippen LogP contribution in [0.5, 0.6) is 0 Å². The molecule has 2 aromatic carbocycles. The monoisotopic (exact) mass is 417 g/mol. The van der Waals surface area contributed by atoms with Crippen LogP contribution in [0.4, 0.5) is 4.79 Å². The Hall–Kier alpha value is -2.57. The molecule has 0 fully saturated rings. The average molecular weight is 418 g/mol. The van der Waals surface area contributed by atoms with Crippen LogP contribution in [0.3, 0.4) is 0 Å². The number of ether oxygens (including phenoxy) is 1. The first-order valence-electron chi connectivity index (χ1n) is 9.57. The third-order valence-corrected chi connectivity index (χ3v) is 4.83. The Morgan fingerprint density at radius 1 is 1.10 bits per heavy atom. The van der Waals surface area contributed by atoms with Crippen LogP contribution in [0, 0.1) is 0 Å². The minimum atomic E-state index is -0.558. The lowest BCUT2D eigenvalue weighted by molar-refractivity contribution is -0.141. The molecule has 2 aromatic rings. The van der Waals surface area contributed by atoms with Crippen molar-refractivity contribution in [3.63, 3.8) is 0 Å². The number of nitrogens with zero attached hydrogens (tertiary/aromatic N) is 1. The van der Waals surface area contributed by atoms with Crippen LogP contribution in [-0.4, -0.2) is 44.1 Å². The number of benzene rings is 2. The molecule has 0 aliphatic heterocycles. The lowest BCUT2D eigenvalue weighted by atomic mass is 10.0. The Bertz CT molecular complexity index is 786. The number of hydrogen-bond acceptors (Lipinski definition) is 4. The largest absolute Gasteiger partial charge is 0.469 e. The minimum Gasteiger partial charge on any atom is -0.469 e. The fourth-order valence-electron chi connectivity index (χ4n) is 2.98. The standard InChI is InChI=1S/C22H28ClN3O3/c1-26(16-17-9-4-3-5-10-17)14-8-13-24-22(28)25-20(15-21(27)29-2)18-11-6-7-12-19(18)23/h3-7,9-12,20H,8,13-16H2,1-2H3,(H2,24,25,28). The van der Waals surface area contributed by atoms with Gasteiger partial charge in [-0.05, 0) is 37.2 Å². The number of esters is 1. The van der Waals surface area contributed by atoms with E-state index in [1.54, 1.807) is 18.2 Å². The molecule has 0 aliphatic carbocycles. The summed E-state index contributed by atoms with van der Waals surface area (Å²) in [6, 6.07) is 16.5. The van der Waals surface area contributed by atoms with Crippen molar-refractivity contribution in [3.05, 3.63) is 70.7 Å². The Morgan fingerprint density at radius 3 is 2.48 bits per heavy atom. The Kier molecular flexibility index (Phi) is 9.47. The zero-order valence-electron chi connectivity index (χ0n) is 16.9. The highest BCUT2D eigenvalue weighted by molar-refractivity contribution is 6.31. The molecule has 2 amide bonds. The summed E-state index contributed by atoms with van der Waals surface area (Å²) in [5.41, 5.74) is 1.93. The van der Waals surface area contributed by atoms with Gasteiger partial charge in [-0.2, -0.15) is 0 Å². The SMILES string of the molecule is COC(=O)CC(NC(=O)NCCCN(C)Cc1ccccc1)c1ccccc1Cl. The Labute approximate surface area is 177 Å². The summed E-state index contributed by atoms with van der Waals surface area (Å²) in [6.45, 7) is 2.24. The molecule has 0 bridgehead atoms. The third-order valence-electron chi connectivity index (χ3n) is 4.48. The number of nitrogens with one attached hydrogen (secondary N) is 2. The van der Waals surface area contributed by atoms with Gasteiger partial charge in [0.15, 0.2) is 0 Å². The summed E-state index contributed by atoms with van der Waals surface area (Å²) in [5.74, 6) is -0.419. The lowest BCUT2D eigenvalue weighted by Crippen LogP contribution is -2.40. The van der Waals surface area contributed by atoms with Crippen LogP contribution < -0.4 is 10.6 Å². The van der Waals surface area contributed by atoms with E-state index in [2.05, 4.69) is 34.7 Å². The van der Waals surface area contributed by atoms with E-state index >= 15 is 0 Å². The zero-order chi connectivity index (χ0) is 21.1. The van der Waals surface area contributed by atoms with Gasteiger partial charge in [0.25, 0.3) is 0 Å². The van der Waals surface area contributed by atoms with Crippen molar-refractivity contribution in [2.45, 2.75) is 25.4 Å². The van der Waals surface area contributed by atoms with Crippen molar-refractivity contribution in [2.24, 2.45) is 0 Å². The molecule has 0 heterocycles. The molecule has 0 spiro atoms. The second kappa shape index (κ2) is 12.1. The van der Waals surface area contributed by atoms with Gasteiger partial charge >= 0.3 is 12.0 Å². The number of carbonyl (C=O) groups excluding carboxylic acids is 2. The summed E-state index contributed by atoms with van der Waals surface area (Å²) in [6.07, 6.45) is 0.817. The van der Waals surface area contributed by atoms with Crippen molar-refractivity contribution < 1.29 is 14.3 Å².